The van der Waals surface area contributed by atoms with Crippen LogP contribution >= 0.6 is 0 Å². The van der Waals surface area contributed by atoms with Gasteiger partial charge in [-0.05, 0) is 25.7 Å². The molecule has 1 saturated heterocycles. The lowest BCUT2D eigenvalue weighted by Crippen LogP contribution is -2.45. The van der Waals surface area contributed by atoms with Crippen LogP contribution in [-0.4, -0.2) is 53.1 Å². The molecular formula is C19H30N4O2. The topological polar surface area (TPSA) is 67.4 Å². The van der Waals surface area contributed by atoms with Crippen LogP contribution in [0.5, 0.6) is 0 Å². The normalized spacial score (nSPS) is 24.8. The Kier molecular flexibility index (Phi) is 5.57. The second kappa shape index (κ2) is 7.68. The number of morpholine rings is 1. The number of carbonyl (C=O) groups is 1. The lowest BCUT2D eigenvalue weighted by Gasteiger charge is -2.34. The predicted molar refractivity (Wildman–Crippen MR) is 97.5 cm³/mol. The molecule has 25 heavy (non-hydrogen) atoms. The molecule has 1 aromatic rings. The molecule has 0 unspecified atom stereocenters. The first kappa shape index (κ1) is 18.1. The van der Waals surface area contributed by atoms with E-state index in [0.717, 1.165) is 50.3 Å². The van der Waals surface area contributed by atoms with Crippen molar-refractivity contribution in [3.05, 3.63) is 18.1 Å². The van der Waals surface area contributed by atoms with Crippen molar-refractivity contribution >= 4 is 11.7 Å². The number of ether oxygens (including phenoxy) is 1. The Bertz CT molecular complexity index is 585. The van der Waals surface area contributed by atoms with E-state index in [0.29, 0.717) is 25.2 Å². The molecule has 6 heteroatoms. The van der Waals surface area contributed by atoms with E-state index in [4.69, 9.17) is 4.74 Å². The zero-order valence-electron chi connectivity index (χ0n) is 15.6. The number of hydrogen-bond donors (Lipinski definition) is 1. The minimum atomic E-state index is 0.0155. The Hall–Kier alpha value is -1.69. The largest absolute Gasteiger partial charge is 0.378 e. The van der Waals surface area contributed by atoms with Crippen LogP contribution in [0.3, 0.4) is 0 Å². The summed E-state index contributed by atoms with van der Waals surface area (Å²) in [4.78, 5) is 23.3. The summed E-state index contributed by atoms with van der Waals surface area (Å²) in [5.41, 5.74) is 1.06. The molecule has 1 aromatic heterocycles. The number of nitrogens with one attached hydrogen (secondary N) is 1. The van der Waals surface area contributed by atoms with Crippen LogP contribution < -0.4 is 5.32 Å². The number of nitrogens with zero attached hydrogens (tertiary/aromatic N) is 3. The third kappa shape index (κ3) is 4.69. The zero-order valence-corrected chi connectivity index (χ0v) is 15.6. The zero-order chi connectivity index (χ0) is 17.9. The highest BCUT2D eigenvalue weighted by atomic mass is 16.5. The SMILES string of the molecule is CC(C)(C)c1cc(NC2CCC(C(=O)N3CCOCC3)CC2)ncn1. The summed E-state index contributed by atoms with van der Waals surface area (Å²) < 4.78 is 5.34. The number of amides is 1. The summed E-state index contributed by atoms with van der Waals surface area (Å²) in [5, 5.41) is 3.54. The Balaban J connectivity index is 1.52. The van der Waals surface area contributed by atoms with Gasteiger partial charge in [-0.25, -0.2) is 9.97 Å². The monoisotopic (exact) mass is 346 g/mol. The number of carbonyl (C=O) groups excluding carboxylic acids is 1. The Labute approximate surface area is 150 Å². The maximum Gasteiger partial charge on any atom is 0.225 e. The van der Waals surface area contributed by atoms with E-state index >= 15 is 0 Å². The van der Waals surface area contributed by atoms with Gasteiger partial charge in [0.15, 0.2) is 0 Å². The average Bonchev–Trinajstić information content (AvgIpc) is 2.62. The molecule has 0 bridgehead atoms. The van der Waals surface area contributed by atoms with Gasteiger partial charge in [-0.1, -0.05) is 20.8 Å². The summed E-state index contributed by atoms with van der Waals surface area (Å²) in [6.07, 6.45) is 5.55. The van der Waals surface area contributed by atoms with Gasteiger partial charge in [-0.3, -0.25) is 4.79 Å². The molecule has 138 valence electrons. The molecule has 1 saturated carbocycles. The third-order valence-electron chi connectivity index (χ3n) is 5.19. The maximum absolute atomic E-state index is 12.6. The predicted octanol–water partition coefficient (Wildman–Crippen LogP) is 2.60. The first-order valence-corrected chi connectivity index (χ1v) is 9.39. The molecular weight excluding hydrogens is 316 g/mol. The minimum absolute atomic E-state index is 0.0155. The van der Waals surface area contributed by atoms with Crippen molar-refractivity contribution in [3.8, 4) is 0 Å². The standard InChI is InChI=1S/C19H30N4O2/c1-19(2,3)16-12-17(21-13-20-16)22-15-6-4-14(5-7-15)18(24)23-8-10-25-11-9-23/h12-15H,4-11H2,1-3H3,(H,20,21,22). The summed E-state index contributed by atoms with van der Waals surface area (Å²) >= 11 is 0. The van der Waals surface area contributed by atoms with Gasteiger partial charge in [0, 0.05) is 36.5 Å². The molecule has 2 heterocycles. The fourth-order valence-electron chi connectivity index (χ4n) is 3.58. The van der Waals surface area contributed by atoms with Crippen LogP contribution in [0.1, 0.15) is 52.1 Å². The maximum atomic E-state index is 12.6. The van der Waals surface area contributed by atoms with Crippen LogP contribution in [-0.2, 0) is 14.9 Å². The Morgan fingerprint density at radius 1 is 1.16 bits per heavy atom. The van der Waals surface area contributed by atoms with E-state index in [2.05, 4.69) is 36.1 Å². The van der Waals surface area contributed by atoms with E-state index in [-0.39, 0.29) is 11.3 Å². The van der Waals surface area contributed by atoms with Gasteiger partial charge in [-0.2, -0.15) is 0 Å². The van der Waals surface area contributed by atoms with E-state index < -0.39 is 0 Å². The quantitative estimate of drug-likeness (QED) is 0.911. The second-order valence-corrected chi connectivity index (χ2v) is 8.17. The van der Waals surface area contributed by atoms with Crippen LogP contribution in [0, 0.1) is 5.92 Å². The fourth-order valence-corrected chi connectivity index (χ4v) is 3.58. The molecule has 0 radical (unpaired) electrons. The van der Waals surface area contributed by atoms with Gasteiger partial charge < -0.3 is 15.0 Å². The minimum Gasteiger partial charge on any atom is -0.378 e. The van der Waals surface area contributed by atoms with Crippen LogP contribution in [0.15, 0.2) is 12.4 Å². The van der Waals surface area contributed by atoms with Crippen molar-refractivity contribution in [1.29, 1.82) is 0 Å². The molecule has 2 fully saturated rings. The molecule has 0 atom stereocenters. The first-order chi connectivity index (χ1) is 11.9. The van der Waals surface area contributed by atoms with Gasteiger partial charge in [-0.15, -0.1) is 0 Å². The van der Waals surface area contributed by atoms with E-state index in [1.165, 1.54) is 0 Å². The fraction of sp³-hybridized carbons (Fsp3) is 0.737. The van der Waals surface area contributed by atoms with Gasteiger partial charge in [0.25, 0.3) is 0 Å². The van der Waals surface area contributed by atoms with E-state index in [9.17, 15) is 4.79 Å². The lowest BCUT2D eigenvalue weighted by atomic mass is 9.85. The molecule has 1 aliphatic heterocycles. The molecule has 0 spiro atoms. The van der Waals surface area contributed by atoms with Crippen LogP contribution in [0.25, 0.3) is 0 Å². The second-order valence-electron chi connectivity index (χ2n) is 8.17. The van der Waals surface area contributed by atoms with Crippen molar-refractivity contribution in [2.24, 2.45) is 5.92 Å². The molecule has 6 nitrogen and oxygen atoms in total. The van der Waals surface area contributed by atoms with Crippen molar-refractivity contribution in [2.45, 2.75) is 57.9 Å². The summed E-state index contributed by atoms with van der Waals surface area (Å²) in [7, 11) is 0. The number of hydrogen-bond acceptors (Lipinski definition) is 5. The van der Waals surface area contributed by atoms with Gasteiger partial charge in [0.1, 0.15) is 12.1 Å². The summed E-state index contributed by atoms with van der Waals surface area (Å²) in [5.74, 6) is 1.38. The molecule has 1 N–H and O–H groups in total. The smallest absolute Gasteiger partial charge is 0.225 e. The number of aromatic nitrogens is 2. The van der Waals surface area contributed by atoms with Crippen molar-refractivity contribution in [2.75, 3.05) is 31.6 Å². The van der Waals surface area contributed by atoms with Gasteiger partial charge >= 0.3 is 0 Å². The highest BCUT2D eigenvalue weighted by Crippen LogP contribution is 2.29. The van der Waals surface area contributed by atoms with Crippen molar-refractivity contribution in [1.82, 2.24) is 14.9 Å². The lowest BCUT2D eigenvalue weighted by molar-refractivity contribution is -0.140. The van der Waals surface area contributed by atoms with Crippen molar-refractivity contribution < 1.29 is 9.53 Å². The molecule has 1 amide bonds. The number of rotatable bonds is 3. The van der Waals surface area contributed by atoms with E-state index in [1.807, 2.05) is 11.0 Å². The molecule has 0 aromatic carbocycles. The van der Waals surface area contributed by atoms with Crippen LogP contribution in [0.4, 0.5) is 5.82 Å². The van der Waals surface area contributed by atoms with E-state index in [1.54, 1.807) is 6.33 Å². The Morgan fingerprint density at radius 3 is 2.48 bits per heavy atom. The highest BCUT2D eigenvalue weighted by Gasteiger charge is 2.30. The van der Waals surface area contributed by atoms with Crippen LogP contribution in [0.2, 0.25) is 0 Å². The van der Waals surface area contributed by atoms with Gasteiger partial charge in [0.05, 0.1) is 18.9 Å². The summed E-state index contributed by atoms with van der Waals surface area (Å²) in [6, 6.07) is 2.43. The molecule has 2 aliphatic rings. The average molecular weight is 346 g/mol. The van der Waals surface area contributed by atoms with Gasteiger partial charge in [0.2, 0.25) is 5.91 Å². The third-order valence-corrected chi connectivity index (χ3v) is 5.19. The Morgan fingerprint density at radius 2 is 1.84 bits per heavy atom. The van der Waals surface area contributed by atoms with Crippen molar-refractivity contribution in [3.63, 3.8) is 0 Å². The first-order valence-electron chi connectivity index (χ1n) is 9.39. The number of anilines is 1. The summed E-state index contributed by atoms with van der Waals surface area (Å²) in [6.45, 7) is 9.30. The molecule has 3 rings (SSSR count). The highest BCUT2D eigenvalue weighted by molar-refractivity contribution is 5.79. The molecule has 1 aliphatic carbocycles.